The Labute approximate surface area is 343 Å². The van der Waals surface area contributed by atoms with Gasteiger partial charge in [-0.1, -0.05) is 125 Å². The summed E-state index contributed by atoms with van der Waals surface area (Å²) in [5.74, 6) is 0.312. The first-order valence-corrected chi connectivity index (χ1v) is 17.6. The third-order valence-corrected chi connectivity index (χ3v) is 6.56. The molecule has 0 heterocycles. The monoisotopic (exact) mass is 819 g/mol. The van der Waals surface area contributed by atoms with Crippen LogP contribution in [0, 0.1) is 32.5 Å². The molecule has 52 heavy (non-hydrogen) atoms. The van der Waals surface area contributed by atoms with E-state index in [9.17, 15) is 29.7 Å². The molecule has 10 nitrogen and oxygen atoms in total. The van der Waals surface area contributed by atoms with Gasteiger partial charge >= 0.3 is 0 Å². The summed E-state index contributed by atoms with van der Waals surface area (Å²) in [5.41, 5.74) is -2.29. The number of rotatable bonds is 12. The Hall–Kier alpha value is -1.43. The number of ether oxygens (including phenoxy) is 4. The van der Waals surface area contributed by atoms with E-state index in [1.807, 2.05) is 125 Å². The van der Waals surface area contributed by atoms with Gasteiger partial charge in [0, 0.05) is 97.6 Å². The Morgan fingerprint density at radius 2 is 0.558 bits per heavy atom. The number of hydrogen-bond donors (Lipinski definition) is 3. The molecule has 0 fully saturated rings. The Balaban J connectivity index is -0.000000188. The summed E-state index contributed by atoms with van der Waals surface area (Å²) in [6, 6.07) is 0. The molecule has 0 saturated carbocycles. The van der Waals surface area contributed by atoms with Crippen molar-refractivity contribution in [2.45, 2.75) is 125 Å². The second-order valence-corrected chi connectivity index (χ2v) is 18.4. The number of carbonyl (C=O) groups excluding carboxylic acids is 3. The summed E-state index contributed by atoms with van der Waals surface area (Å²) < 4.78 is 19.9. The van der Waals surface area contributed by atoms with Crippen molar-refractivity contribution in [2.24, 2.45) is 32.5 Å². The van der Waals surface area contributed by atoms with Crippen LogP contribution in [0.15, 0.2) is 35.5 Å². The zero-order valence-electron chi connectivity index (χ0n) is 36.8. The molecule has 0 aliphatic rings. The number of ketones is 3. The summed E-state index contributed by atoms with van der Waals surface area (Å²) in [6.07, 6.45) is 4.00. The molecule has 0 aromatic heterocycles. The molecule has 0 aromatic carbocycles. The first kappa shape index (κ1) is 59.8. The second kappa shape index (κ2) is 27.2. The number of methoxy groups -OCH3 is 2. The van der Waals surface area contributed by atoms with Crippen molar-refractivity contribution in [1.82, 2.24) is 0 Å². The van der Waals surface area contributed by atoms with Gasteiger partial charge in [-0.3, -0.25) is 14.4 Å². The van der Waals surface area contributed by atoms with E-state index in [1.165, 1.54) is 18.2 Å². The van der Waals surface area contributed by atoms with Crippen LogP contribution in [0.4, 0.5) is 0 Å². The molecule has 3 N–H and O–H groups in total. The minimum atomic E-state index is -0.417. The molecule has 0 aromatic rings. The molecule has 11 heteroatoms. The van der Waals surface area contributed by atoms with Gasteiger partial charge in [0.25, 0.3) is 0 Å². The van der Waals surface area contributed by atoms with Gasteiger partial charge in [-0.25, -0.2) is 0 Å². The van der Waals surface area contributed by atoms with Crippen LogP contribution < -0.4 is 0 Å². The first-order chi connectivity index (χ1) is 22.6. The molecule has 0 atom stereocenters. The van der Waals surface area contributed by atoms with Crippen LogP contribution in [0.1, 0.15) is 125 Å². The number of aliphatic hydroxyl groups excluding tert-OH is 3. The third kappa shape index (κ3) is 35.6. The number of allylic oxidation sites excluding steroid dienone is 6. The van der Waals surface area contributed by atoms with Gasteiger partial charge in [-0.2, -0.15) is 0 Å². The fourth-order valence-electron chi connectivity index (χ4n) is 2.28. The maximum atomic E-state index is 11.5. The topological polar surface area (TPSA) is 149 Å². The molecular formula is C41H78O10Y. The van der Waals surface area contributed by atoms with E-state index in [-0.39, 0.29) is 83.6 Å². The van der Waals surface area contributed by atoms with Crippen LogP contribution in [-0.2, 0) is 66.0 Å². The summed E-state index contributed by atoms with van der Waals surface area (Å²) in [4.78, 5) is 34.5. The van der Waals surface area contributed by atoms with E-state index in [4.69, 9.17) is 18.9 Å². The minimum Gasteiger partial charge on any atom is -0.512 e. The van der Waals surface area contributed by atoms with E-state index >= 15 is 0 Å². The summed E-state index contributed by atoms with van der Waals surface area (Å²) in [6.45, 7) is 37.1. The molecule has 0 bridgehead atoms. The molecule has 0 unspecified atom stereocenters. The normalized spacial score (nSPS) is 13.3. The Morgan fingerprint density at radius 1 is 0.385 bits per heavy atom. The van der Waals surface area contributed by atoms with Gasteiger partial charge in [-0.15, -0.1) is 0 Å². The summed E-state index contributed by atoms with van der Waals surface area (Å²) in [7, 11) is 3.30. The van der Waals surface area contributed by atoms with E-state index in [2.05, 4.69) is 0 Å². The van der Waals surface area contributed by atoms with Crippen molar-refractivity contribution in [3.8, 4) is 0 Å². The van der Waals surface area contributed by atoms with Crippen molar-refractivity contribution in [3.63, 3.8) is 0 Å². The van der Waals surface area contributed by atoms with Gasteiger partial charge in [0.2, 0.25) is 0 Å². The molecule has 305 valence electrons. The average Bonchev–Trinajstić information content (AvgIpc) is 2.92. The van der Waals surface area contributed by atoms with Crippen molar-refractivity contribution < 1.29 is 81.4 Å². The van der Waals surface area contributed by atoms with Gasteiger partial charge in [0.15, 0.2) is 17.3 Å². The fourth-order valence-corrected chi connectivity index (χ4v) is 2.28. The van der Waals surface area contributed by atoms with E-state index in [0.717, 1.165) is 0 Å². The van der Waals surface area contributed by atoms with Crippen molar-refractivity contribution in [2.75, 3.05) is 53.9 Å². The summed E-state index contributed by atoms with van der Waals surface area (Å²) in [5, 5.41) is 28.7. The number of carbonyl (C=O) groups is 3. The molecule has 1 radical (unpaired) electrons. The average molecular weight is 820 g/mol. The molecular weight excluding hydrogens is 741 g/mol. The Bertz CT molecular complexity index is 960. The van der Waals surface area contributed by atoms with Gasteiger partial charge < -0.3 is 34.3 Å². The van der Waals surface area contributed by atoms with E-state index in [0.29, 0.717) is 39.6 Å². The fraction of sp³-hybridized carbons (Fsp3) is 0.780. The minimum absolute atomic E-state index is 0. The van der Waals surface area contributed by atoms with Crippen molar-refractivity contribution in [1.29, 1.82) is 0 Å². The molecule has 0 aliphatic carbocycles. The van der Waals surface area contributed by atoms with E-state index in [1.54, 1.807) is 14.2 Å². The predicted octanol–water partition coefficient (Wildman–Crippen LogP) is 9.58. The SMILES string of the molecule is CC(C)(C)C(=O)/C=C(/O)C(C)(C)C.CC(C)(C)C(=O)/C=C(/O)C(C)(C)C.CC(C)(C)C(=O)/C=C(/O)C(C)(C)C.COCCOCCOCCOC.[Y]. The largest absolute Gasteiger partial charge is 0.512 e. The van der Waals surface area contributed by atoms with Crippen LogP contribution in [0.25, 0.3) is 0 Å². The molecule has 0 saturated heterocycles. The van der Waals surface area contributed by atoms with Gasteiger partial charge in [0.1, 0.15) is 17.3 Å². The Kier molecular flexibility index (Phi) is 31.3. The molecule has 0 spiro atoms. The molecule has 0 amide bonds. The second-order valence-electron chi connectivity index (χ2n) is 18.4. The molecule has 0 rings (SSSR count). The zero-order chi connectivity index (χ0) is 41.7. The van der Waals surface area contributed by atoms with Crippen LogP contribution >= 0.6 is 0 Å². The standard InChI is InChI=1S/3C11H20O2.C8H18O4.Y/c3*1-10(2,3)8(12)7-9(13)11(4,5)6;1-9-3-5-11-7-8-12-6-4-10-2;/h3*7,12H,1-6H3;3-8H2,1-2H3;/b3*8-7+;;. The summed E-state index contributed by atoms with van der Waals surface area (Å²) >= 11 is 0. The van der Waals surface area contributed by atoms with Gasteiger partial charge in [0.05, 0.1) is 39.6 Å². The quantitative estimate of drug-likeness (QED) is 0.0988. The van der Waals surface area contributed by atoms with Crippen molar-refractivity contribution >= 4 is 17.3 Å². The van der Waals surface area contributed by atoms with Crippen LogP contribution in [-0.4, -0.2) is 86.5 Å². The Morgan fingerprint density at radius 3 is 0.692 bits per heavy atom. The zero-order valence-corrected chi connectivity index (χ0v) is 39.6. The van der Waals surface area contributed by atoms with Gasteiger partial charge in [-0.05, 0) is 0 Å². The van der Waals surface area contributed by atoms with Crippen LogP contribution in [0.5, 0.6) is 0 Å². The van der Waals surface area contributed by atoms with Crippen molar-refractivity contribution in [3.05, 3.63) is 35.5 Å². The maximum absolute atomic E-state index is 11.5. The molecule has 0 aliphatic heterocycles. The third-order valence-electron chi connectivity index (χ3n) is 6.56. The predicted molar refractivity (Wildman–Crippen MR) is 209 cm³/mol. The number of aliphatic hydroxyl groups is 3. The van der Waals surface area contributed by atoms with E-state index < -0.39 is 16.2 Å². The van der Waals surface area contributed by atoms with Crippen LogP contribution in [0.3, 0.4) is 0 Å². The maximum Gasteiger partial charge on any atom is 0.164 e. The first-order valence-electron chi connectivity index (χ1n) is 17.6. The smallest absolute Gasteiger partial charge is 0.164 e. The number of hydrogen-bond acceptors (Lipinski definition) is 10. The van der Waals surface area contributed by atoms with Crippen LogP contribution in [0.2, 0.25) is 0 Å².